The molecule has 8 rings (SSSR count). The smallest absolute Gasteiger partial charge is 0.453 e. The summed E-state index contributed by atoms with van der Waals surface area (Å²) in [4.78, 5) is 0. The first-order valence-electron chi connectivity index (χ1n) is 19.3. The minimum Gasteiger partial charge on any atom is -0.497 e. The molecular formula is C48H48O8P2. The fourth-order valence-corrected chi connectivity index (χ4v) is 9.44. The average molecular weight is 815 g/mol. The van der Waals surface area contributed by atoms with Crippen molar-refractivity contribution >= 4 is 60.1 Å². The van der Waals surface area contributed by atoms with E-state index >= 15 is 0 Å². The van der Waals surface area contributed by atoms with Gasteiger partial charge in [0.25, 0.3) is 0 Å². The van der Waals surface area contributed by atoms with E-state index in [-0.39, 0.29) is 10.8 Å². The number of hydrogen-bond acceptors (Lipinski definition) is 8. The maximum absolute atomic E-state index is 7.06. The van der Waals surface area contributed by atoms with Crippen LogP contribution in [0.2, 0.25) is 0 Å². The highest BCUT2D eigenvalue weighted by atomic mass is 31.1. The molecule has 0 unspecified atom stereocenters. The Bertz CT molecular complexity index is 2740. The van der Waals surface area contributed by atoms with Crippen molar-refractivity contribution in [3.05, 3.63) is 132 Å². The summed E-state index contributed by atoms with van der Waals surface area (Å²) >= 11 is 0. The molecule has 6 aromatic carbocycles. The average Bonchev–Trinajstić information content (AvgIpc) is 3.47. The molecule has 0 bridgehead atoms. The number of rotatable bonds is 9. The van der Waals surface area contributed by atoms with E-state index in [4.69, 9.17) is 35.5 Å². The van der Waals surface area contributed by atoms with Crippen molar-refractivity contribution in [2.75, 3.05) is 20.8 Å². The highest BCUT2D eigenvalue weighted by molar-refractivity contribution is 7.36. The number of fused-ring (bicyclic) bond motifs is 6. The predicted octanol–water partition coefficient (Wildman–Crippen LogP) is 15.1. The van der Waals surface area contributed by atoms with Crippen molar-refractivity contribution in [3.8, 4) is 34.1 Å². The number of para-hydroxylation sites is 4. The molecule has 0 spiro atoms. The van der Waals surface area contributed by atoms with E-state index in [2.05, 4.69) is 59.7 Å². The van der Waals surface area contributed by atoms with Crippen LogP contribution in [0.15, 0.2) is 138 Å². The summed E-state index contributed by atoms with van der Waals surface area (Å²) in [5.74, 6) is 2.65. The van der Waals surface area contributed by atoms with E-state index in [1.165, 1.54) is 0 Å². The molecule has 0 radical (unpaired) electrons. The fraction of sp³-hybridized carbons (Fsp3) is 0.250. The molecule has 0 N–H and O–H groups in total. The van der Waals surface area contributed by atoms with Crippen LogP contribution in [0.1, 0.15) is 52.7 Å². The van der Waals surface area contributed by atoms with E-state index < -0.39 is 16.3 Å². The zero-order valence-electron chi connectivity index (χ0n) is 34.1. The molecule has 8 nitrogen and oxygen atoms in total. The summed E-state index contributed by atoms with van der Waals surface area (Å²) in [7, 11) is -0.0284. The Balaban J connectivity index is 1.31. The van der Waals surface area contributed by atoms with Crippen LogP contribution in [0.5, 0.6) is 23.0 Å². The van der Waals surface area contributed by atoms with Gasteiger partial charge in [-0.1, -0.05) is 114 Å². The van der Waals surface area contributed by atoms with Crippen molar-refractivity contribution in [1.29, 1.82) is 0 Å². The Hall–Kier alpha value is -5.68. The van der Waals surface area contributed by atoms with Crippen molar-refractivity contribution in [3.63, 3.8) is 0 Å². The van der Waals surface area contributed by atoms with Gasteiger partial charge in [0.15, 0.2) is 0 Å². The van der Waals surface area contributed by atoms with Crippen LogP contribution in [-0.4, -0.2) is 20.8 Å². The van der Waals surface area contributed by atoms with Gasteiger partial charge in [0.2, 0.25) is 8.01 Å². The van der Waals surface area contributed by atoms with Gasteiger partial charge in [-0.05, 0) is 59.4 Å². The molecule has 0 amide bonds. The normalized spacial score (nSPS) is 11.9. The van der Waals surface area contributed by atoms with Crippen LogP contribution in [0.4, 0.5) is 0 Å². The van der Waals surface area contributed by atoms with Gasteiger partial charge < -0.3 is 35.5 Å². The van der Waals surface area contributed by atoms with Crippen LogP contribution in [0.3, 0.4) is 0 Å². The molecule has 0 aliphatic heterocycles. The first-order chi connectivity index (χ1) is 27.9. The van der Waals surface area contributed by atoms with Crippen molar-refractivity contribution in [2.45, 2.75) is 58.5 Å². The van der Waals surface area contributed by atoms with E-state index in [1.807, 2.05) is 103 Å². The van der Waals surface area contributed by atoms with E-state index in [0.29, 0.717) is 46.9 Å². The first-order valence-corrected chi connectivity index (χ1v) is 21.8. The molecule has 298 valence electrons. The van der Waals surface area contributed by atoms with Gasteiger partial charge in [-0.25, -0.2) is 0 Å². The Morgan fingerprint density at radius 1 is 0.483 bits per heavy atom. The summed E-state index contributed by atoms with van der Waals surface area (Å²) < 4.78 is 52.3. The van der Waals surface area contributed by atoms with E-state index in [1.54, 1.807) is 14.2 Å². The molecule has 8 aromatic rings. The summed E-state index contributed by atoms with van der Waals surface area (Å²) in [5.41, 5.74) is 5.64. The lowest BCUT2D eigenvalue weighted by Gasteiger charge is -2.28. The van der Waals surface area contributed by atoms with Crippen LogP contribution >= 0.6 is 16.3 Å². The molecule has 58 heavy (non-hydrogen) atoms. The topological polar surface area (TPSA) is 89.5 Å². The molecule has 0 saturated heterocycles. The molecule has 0 aliphatic rings. The van der Waals surface area contributed by atoms with Gasteiger partial charge in [-0.2, -0.15) is 0 Å². The quantitative estimate of drug-likeness (QED) is 0.142. The largest absolute Gasteiger partial charge is 0.497 e. The number of hydrogen-bond donors (Lipinski definition) is 0. The van der Waals surface area contributed by atoms with Crippen LogP contribution in [-0.2, 0) is 17.0 Å². The highest BCUT2D eigenvalue weighted by Gasteiger charge is 2.30. The van der Waals surface area contributed by atoms with Gasteiger partial charge in [0.1, 0.15) is 51.9 Å². The number of benzene rings is 6. The van der Waals surface area contributed by atoms with E-state index in [0.717, 1.165) is 55.0 Å². The van der Waals surface area contributed by atoms with Crippen LogP contribution in [0.25, 0.3) is 55.0 Å². The number of ether oxygens (including phenoxy) is 3. The van der Waals surface area contributed by atoms with E-state index in [9.17, 15) is 0 Å². The van der Waals surface area contributed by atoms with Crippen molar-refractivity contribution in [2.24, 2.45) is 0 Å². The molecule has 0 aliphatic carbocycles. The minimum absolute atomic E-state index is 0.317. The van der Waals surface area contributed by atoms with Crippen molar-refractivity contribution < 1.29 is 35.5 Å². The fourth-order valence-electron chi connectivity index (χ4n) is 7.13. The number of methoxy groups -OCH3 is 2. The van der Waals surface area contributed by atoms with Gasteiger partial charge >= 0.3 is 8.24 Å². The van der Waals surface area contributed by atoms with Crippen molar-refractivity contribution in [1.82, 2.24) is 0 Å². The monoisotopic (exact) mass is 814 g/mol. The third-order valence-electron chi connectivity index (χ3n) is 10.1. The Morgan fingerprint density at radius 3 is 1.28 bits per heavy atom. The third kappa shape index (κ3) is 7.92. The maximum atomic E-state index is 7.06. The van der Waals surface area contributed by atoms with Gasteiger partial charge in [-0.3, -0.25) is 0 Å². The Kier molecular flexibility index (Phi) is 10.8. The maximum Gasteiger partial charge on any atom is 0.453 e. The Morgan fingerprint density at radius 2 is 0.862 bits per heavy atom. The molecule has 10 heteroatoms. The SMILES string of the molecule is COc1cc(-c2cc(OC)cc(C(C)(C)C)c2Op2oc3ccccc3c3ccccc3o2)c(OCCp2oc3ccccc3c3ccccc3o2)c(C(C)(C)C)c1. The molecule has 0 fully saturated rings. The van der Waals surface area contributed by atoms with Crippen LogP contribution in [0, 0.1) is 0 Å². The summed E-state index contributed by atoms with van der Waals surface area (Å²) in [5, 5.41) is 3.89. The van der Waals surface area contributed by atoms with Gasteiger partial charge in [0, 0.05) is 43.8 Å². The highest BCUT2D eigenvalue weighted by Crippen LogP contribution is 2.52. The standard InChI is InChI=1S/C48H48O8P2/c1-47(2,3)39-29-31(49-7)27-37(45(39)51-25-26-57-52-41-21-13-9-17-33(41)34-18-10-14-22-42(34)53-57)38-28-32(50-8)30-40(48(4,5)6)46(38)56-58-54-43-23-15-11-19-35(43)36-20-12-16-24-44(36)55-58/h9-24,27-30H,25-26H2,1-8H3. The third-order valence-corrected chi connectivity index (χ3v) is 12.4. The first kappa shape index (κ1) is 39.2. The van der Waals surface area contributed by atoms with Gasteiger partial charge in [0.05, 0.1) is 20.4 Å². The van der Waals surface area contributed by atoms with Crippen LogP contribution < -0.4 is 18.7 Å². The Labute approximate surface area is 340 Å². The van der Waals surface area contributed by atoms with Gasteiger partial charge in [-0.15, -0.1) is 0 Å². The molecule has 0 saturated carbocycles. The zero-order valence-corrected chi connectivity index (χ0v) is 35.9. The summed E-state index contributed by atoms with van der Waals surface area (Å²) in [6, 6.07) is 40.1. The lowest BCUT2D eigenvalue weighted by molar-refractivity contribution is 0.319. The zero-order chi connectivity index (χ0) is 40.6. The predicted molar refractivity (Wildman–Crippen MR) is 237 cm³/mol. The second kappa shape index (κ2) is 15.9. The molecular weight excluding hydrogens is 766 g/mol. The molecule has 0 atom stereocenters. The molecule has 2 aromatic heterocycles. The second-order valence-electron chi connectivity index (χ2n) is 16.2. The second-order valence-corrected chi connectivity index (χ2v) is 18.6. The lowest BCUT2D eigenvalue weighted by atomic mass is 9.81. The summed E-state index contributed by atoms with van der Waals surface area (Å²) in [6.07, 6.45) is 0.508. The minimum atomic E-state index is -1.99. The lowest BCUT2D eigenvalue weighted by Crippen LogP contribution is -2.16. The summed E-state index contributed by atoms with van der Waals surface area (Å²) in [6.45, 7) is 13.3. The molecule has 2 heterocycles.